The number of nitrogens with zero attached hydrogens (tertiary/aromatic N) is 2. The number of rotatable bonds is 0. The zero-order valence-electron chi connectivity index (χ0n) is 7.19. The van der Waals surface area contributed by atoms with Crippen LogP contribution in [0.1, 0.15) is 12.8 Å². The van der Waals surface area contributed by atoms with Gasteiger partial charge in [-0.05, 0) is 18.9 Å². The van der Waals surface area contributed by atoms with E-state index in [2.05, 4.69) is 17.0 Å². The van der Waals surface area contributed by atoms with Crippen LogP contribution in [0.3, 0.4) is 0 Å². The maximum Gasteiger partial charge on any atom is 0.137 e. The van der Waals surface area contributed by atoms with E-state index in [-0.39, 0.29) is 0 Å². The Morgan fingerprint density at radius 2 is 2.54 bits per heavy atom. The first-order valence-corrected chi connectivity index (χ1v) is 5.75. The normalized spacial score (nSPS) is 27.6. The Morgan fingerprint density at radius 3 is 3.31 bits per heavy atom. The van der Waals surface area contributed by atoms with Crippen LogP contribution in [0.5, 0.6) is 0 Å². The summed E-state index contributed by atoms with van der Waals surface area (Å²) in [5.74, 6) is 0.752. The minimum Gasteiger partial charge on any atom is -0.351 e. The van der Waals surface area contributed by atoms with Gasteiger partial charge in [0, 0.05) is 23.9 Å². The molecule has 1 fully saturated rings. The smallest absolute Gasteiger partial charge is 0.137 e. The summed E-state index contributed by atoms with van der Waals surface area (Å²) in [6, 6.07) is 2.63. The van der Waals surface area contributed by atoms with Crippen LogP contribution in [0.4, 0.5) is 0 Å². The molecule has 68 valence electrons. The minimum absolute atomic E-state index is 0.400. The molecule has 0 aromatic carbocycles. The Hall–Kier alpha value is -0.530. The van der Waals surface area contributed by atoms with E-state index in [1.54, 1.807) is 11.8 Å². The van der Waals surface area contributed by atoms with Crippen molar-refractivity contribution >= 4 is 28.3 Å². The Labute approximate surface area is 87.6 Å². The minimum atomic E-state index is 0.400. The zero-order chi connectivity index (χ0) is 9.26. The summed E-state index contributed by atoms with van der Waals surface area (Å²) in [5.41, 5.74) is 0.877. The van der Waals surface area contributed by atoms with Crippen LogP contribution in [-0.2, 0) is 0 Å². The number of hydrogen-bond donors (Lipinski definition) is 0. The standard InChI is InChI=1S/C9H10N2S2/c10-5-7-4-8-2-1-3-11(8)9(12)13-6-7/h4,8H,1-3,6H2/t8-/m0/s1. The molecule has 0 aromatic rings. The largest absolute Gasteiger partial charge is 0.351 e. The van der Waals surface area contributed by atoms with E-state index in [4.69, 9.17) is 17.5 Å². The number of fused-ring (bicyclic) bond motifs is 1. The quantitative estimate of drug-likeness (QED) is 0.571. The molecule has 0 aromatic heterocycles. The first-order chi connectivity index (χ1) is 6.31. The first kappa shape index (κ1) is 9.04. The molecule has 0 aliphatic carbocycles. The van der Waals surface area contributed by atoms with Crippen LogP contribution in [0.25, 0.3) is 0 Å². The molecule has 0 unspecified atom stereocenters. The Bertz CT molecular complexity index is 303. The Morgan fingerprint density at radius 1 is 1.69 bits per heavy atom. The molecular formula is C9H10N2S2. The zero-order valence-corrected chi connectivity index (χ0v) is 8.83. The van der Waals surface area contributed by atoms with Crippen molar-refractivity contribution in [1.29, 1.82) is 5.26 Å². The molecule has 2 aliphatic rings. The Kier molecular flexibility index (Phi) is 2.56. The highest BCUT2D eigenvalue weighted by molar-refractivity contribution is 8.23. The average Bonchev–Trinajstić information content (AvgIpc) is 2.54. The van der Waals surface area contributed by atoms with Gasteiger partial charge in [-0.15, -0.1) is 0 Å². The van der Waals surface area contributed by atoms with Gasteiger partial charge in [-0.3, -0.25) is 0 Å². The van der Waals surface area contributed by atoms with Gasteiger partial charge in [0.05, 0.1) is 6.07 Å². The molecule has 0 amide bonds. The van der Waals surface area contributed by atoms with Crippen molar-refractivity contribution in [3.8, 4) is 6.07 Å². The molecule has 1 atom stereocenters. The molecule has 2 heterocycles. The van der Waals surface area contributed by atoms with E-state index in [1.807, 2.05) is 0 Å². The van der Waals surface area contributed by atoms with Crippen LogP contribution in [0, 0.1) is 11.3 Å². The lowest BCUT2D eigenvalue weighted by Gasteiger charge is -2.21. The van der Waals surface area contributed by atoms with E-state index in [9.17, 15) is 0 Å². The van der Waals surface area contributed by atoms with Gasteiger partial charge in [0.25, 0.3) is 0 Å². The summed E-state index contributed by atoms with van der Waals surface area (Å²) in [6.45, 7) is 1.06. The SMILES string of the molecule is N#CC1=C[C@@H]2CCCN2C(=S)SC1. The van der Waals surface area contributed by atoms with Gasteiger partial charge in [-0.1, -0.05) is 24.0 Å². The first-order valence-electron chi connectivity index (χ1n) is 4.35. The third-order valence-corrected chi connectivity index (χ3v) is 3.95. The van der Waals surface area contributed by atoms with Gasteiger partial charge in [-0.2, -0.15) is 5.26 Å². The molecule has 2 aliphatic heterocycles. The van der Waals surface area contributed by atoms with Crippen LogP contribution in [-0.4, -0.2) is 27.6 Å². The van der Waals surface area contributed by atoms with Gasteiger partial charge in [0.15, 0.2) is 0 Å². The fourth-order valence-corrected chi connectivity index (χ4v) is 3.00. The molecular weight excluding hydrogens is 200 g/mol. The van der Waals surface area contributed by atoms with Crippen molar-refractivity contribution in [3.05, 3.63) is 11.6 Å². The van der Waals surface area contributed by atoms with E-state index in [0.29, 0.717) is 6.04 Å². The summed E-state index contributed by atoms with van der Waals surface area (Å²) in [4.78, 5) is 2.24. The lowest BCUT2D eigenvalue weighted by molar-refractivity contribution is 0.463. The van der Waals surface area contributed by atoms with Gasteiger partial charge in [0.2, 0.25) is 0 Å². The molecule has 2 nitrogen and oxygen atoms in total. The van der Waals surface area contributed by atoms with E-state index in [1.165, 1.54) is 6.42 Å². The maximum absolute atomic E-state index is 8.83. The van der Waals surface area contributed by atoms with Crippen molar-refractivity contribution in [2.45, 2.75) is 18.9 Å². The van der Waals surface area contributed by atoms with Crippen LogP contribution < -0.4 is 0 Å². The second kappa shape index (κ2) is 3.69. The molecule has 0 radical (unpaired) electrons. The number of hydrogen-bond acceptors (Lipinski definition) is 3. The molecule has 1 saturated heterocycles. The number of thiocarbonyl (C=S) groups is 1. The van der Waals surface area contributed by atoms with E-state index in [0.717, 1.165) is 28.6 Å². The Balaban J connectivity index is 2.25. The van der Waals surface area contributed by atoms with Gasteiger partial charge >= 0.3 is 0 Å². The average molecular weight is 210 g/mol. The lowest BCUT2D eigenvalue weighted by Crippen LogP contribution is -2.30. The summed E-state index contributed by atoms with van der Waals surface area (Å²) in [5, 5.41) is 8.83. The van der Waals surface area contributed by atoms with Crippen LogP contribution in [0.15, 0.2) is 11.6 Å². The summed E-state index contributed by atoms with van der Waals surface area (Å²) < 4.78 is 0.962. The molecule has 0 bridgehead atoms. The maximum atomic E-state index is 8.83. The third kappa shape index (κ3) is 1.72. The highest BCUT2D eigenvalue weighted by atomic mass is 32.2. The van der Waals surface area contributed by atoms with Crippen LogP contribution in [0.2, 0.25) is 0 Å². The van der Waals surface area contributed by atoms with E-state index < -0.39 is 0 Å². The molecule has 0 spiro atoms. The fraction of sp³-hybridized carbons (Fsp3) is 0.556. The second-order valence-corrected chi connectivity index (χ2v) is 4.87. The van der Waals surface area contributed by atoms with Crippen molar-refractivity contribution < 1.29 is 0 Å². The predicted octanol–water partition coefficient (Wildman–Crippen LogP) is 1.93. The van der Waals surface area contributed by atoms with E-state index >= 15 is 0 Å². The summed E-state index contributed by atoms with van der Waals surface area (Å²) in [7, 11) is 0. The lowest BCUT2D eigenvalue weighted by atomic mass is 10.1. The molecule has 4 heteroatoms. The van der Waals surface area contributed by atoms with Crippen molar-refractivity contribution in [1.82, 2.24) is 4.90 Å². The van der Waals surface area contributed by atoms with Gasteiger partial charge < -0.3 is 4.90 Å². The predicted molar refractivity (Wildman–Crippen MR) is 58.5 cm³/mol. The van der Waals surface area contributed by atoms with Crippen molar-refractivity contribution in [2.24, 2.45) is 0 Å². The number of thioether (sulfide) groups is 1. The fourth-order valence-electron chi connectivity index (χ4n) is 1.76. The number of nitriles is 1. The highest BCUT2D eigenvalue weighted by Crippen LogP contribution is 2.28. The summed E-state index contributed by atoms with van der Waals surface area (Å²) >= 11 is 6.89. The van der Waals surface area contributed by atoms with Gasteiger partial charge in [-0.25, -0.2) is 0 Å². The summed E-state index contributed by atoms with van der Waals surface area (Å²) in [6.07, 6.45) is 4.42. The third-order valence-electron chi connectivity index (χ3n) is 2.42. The molecule has 0 N–H and O–H groups in total. The highest BCUT2D eigenvalue weighted by Gasteiger charge is 2.27. The van der Waals surface area contributed by atoms with Crippen LogP contribution >= 0.6 is 24.0 Å². The topological polar surface area (TPSA) is 27.0 Å². The molecule has 2 rings (SSSR count). The molecule has 13 heavy (non-hydrogen) atoms. The second-order valence-electron chi connectivity index (χ2n) is 3.26. The monoisotopic (exact) mass is 210 g/mol. The van der Waals surface area contributed by atoms with Crippen molar-refractivity contribution in [3.63, 3.8) is 0 Å². The molecule has 0 saturated carbocycles. The van der Waals surface area contributed by atoms with Gasteiger partial charge in [0.1, 0.15) is 4.32 Å². The van der Waals surface area contributed by atoms with Crippen molar-refractivity contribution in [2.75, 3.05) is 12.3 Å².